The van der Waals surface area contributed by atoms with Gasteiger partial charge < -0.3 is 15.2 Å². The molecule has 0 saturated carbocycles. The van der Waals surface area contributed by atoms with Crippen LogP contribution in [0.1, 0.15) is 5.56 Å². The molecule has 0 saturated heterocycles. The Morgan fingerprint density at radius 3 is 2.25 bits per heavy atom. The highest BCUT2D eigenvalue weighted by Gasteiger charge is 2.08. The van der Waals surface area contributed by atoms with Crippen molar-refractivity contribution >= 4 is 53.5 Å². The maximum atomic E-state index is 5.85. The molecule has 2 aromatic carbocycles. The van der Waals surface area contributed by atoms with Gasteiger partial charge in [-0.25, -0.2) is 0 Å². The van der Waals surface area contributed by atoms with Crippen molar-refractivity contribution in [1.29, 1.82) is 0 Å². The Hall–Kier alpha value is -0.720. The summed E-state index contributed by atoms with van der Waals surface area (Å²) >= 11 is 10.3. The van der Waals surface area contributed by atoms with Crippen LogP contribution in [-0.2, 0) is 6.61 Å². The molecule has 2 N–H and O–H groups in total. The van der Waals surface area contributed by atoms with Crippen LogP contribution < -0.4 is 15.2 Å². The summed E-state index contributed by atoms with van der Waals surface area (Å²) in [6, 6.07) is 9.48. The van der Waals surface area contributed by atoms with Crippen LogP contribution in [0.15, 0.2) is 43.7 Å². The molecule has 6 heteroatoms. The molecule has 0 bridgehead atoms. The van der Waals surface area contributed by atoms with Crippen molar-refractivity contribution < 1.29 is 9.47 Å². The topological polar surface area (TPSA) is 44.5 Å². The summed E-state index contributed by atoms with van der Waals surface area (Å²) in [7, 11) is 1.62. The standard InChI is InChI=1S/C14H12Br3NO2/c1-19-13-5-11(17)14(6-10(13)16)20-7-8-2-3-9(15)12(18)4-8/h2-6H,7,18H2,1H3. The van der Waals surface area contributed by atoms with Gasteiger partial charge in [-0.3, -0.25) is 0 Å². The molecule has 0 aromatic heterocycles. The third-order valence-electron chi connectivity index (χ3n) is 2.66. The molecule has 20 heavy (non-hydrogen) atoms. The number of benzene rings is 2. The van der Waals surface area contributed by atoms with Gasteiger partial charge in [0.2, 0.25) is 0 Å². The minimum atomic E-state index is 0.439. The van der Waals surface area contributed by atoms with E-state index >= 15 is 0 Å². The van der Waals surface area contributed by atoms with Gasteiger partial charge in [-0.1, -0.05) is 6.07 Å². The molecule has 0 aliphatic rings. The highest BCUT2D eigenvalue weighted by Crippen LogP contribution is 2.36. The Labute approximate surface area is 142 Å². The summed E-state index contributed by atoms with van der Waals surface area (Å²) in [5, 5.41) is 0. The number of halogens is 3. The first-order chi connectivity index (χ1) is 9.51. The van der Waals surface area contributed by atoms with Crippen LogP contribution in [0, 0.1) is 0 Å². The van der Waals surface area contributed by atoms with Crippen LogP contribution in [0.4, 0.5) is 5.69 Å². The molecule has 0 aliphatic carbocycles. The van der Waals surface area contributed by atoms with Crippen LogP contribution in [0.25, 0.3) is 0 Å². The third-order valence-corrected chi connectivity index (χ3v) is 4.62. The number of hydrogen-bond acceptors (Lipinski definition) is 3. The molecule has 0 fully saturated rings. The number of anilines is 1. The zero-order valence-corrected chi connectivity index (χ0v) is 15.4. The first kappa shape index (κ1) is 15.7. The first-order valence-corrected chi connectivity index (χ1v) is 8.09. The zero-order valence-electron chi connectivity index (χ0n) is 10.6. The highest BCUT2D eigenvalue weighted by molar-refractivity contribution is 9.11. The van der Waals surface area contributed by atoms with E-state index < -0.39 is 0 Å². The fraction of sp³-hybridized carbons (Fsp3) is 0.143. The molecule has 0 heterocycles. The second-order valence-corrected chi connectivity index (χ2v) is 6.62. The molecule has 0 amide bonds. The van der Waals surface area contributed by atoms with Crippen molar-refractivity contribution in [2.75, 3.05) is 12.8 Å². The first-order valence-electron chi connectivity index (χ1n) is 5.71. The van der Waals surface area contributed by atoms with Crippen molar-refractivity contribution in [3.05, 3.63) is 49.3 Å². The minimum Gasteiger partial charge on any atom is -0.496 e. The van der Waals surface area contributed by atoms with Crippen molar-refractivity contribution in [3.63, 3.8) is 0 Å². The van der Waals surface area contributed by atoms with Crippen molar-refractivity contribution in [1.82, 2.24) is 0 Å². The highest BCUT2D eigenvalue weighted by atomic mass is 79.9. The van der Waals surface area contributed by atoms with E-state index in [9.17, 15) is 0 Å². The normalized spacial score (nSPS) is 10.4. The summed E-state index contributed by atoms with van der Waals surface area (Å²) in [6.07, 6.45) is 0. The maximum absolute atomic E-state index is 5.85. The van der Waals surface area contributed by atoms with Crippen LogP contribution in [-0.4, -0.2) is 7.11 Å². The molecule has 0 unspecified atom stereocenters. The predicted molar refractivity (Wildman–Crippen MR) is 91.3 cm³/mol. The van der Waals surface area contributed by atoms with E-state index in [1.807, 2.05) is 30.3 Å². The van der Waals surface area contributed by atoms with Gasteiger partial charge in [0.1, 0.15) is 18.1 Å². The lowest BCUT2D eigenvalue weighted by atomic mass is 10.2. The van der Waals surface area contributed by atoms with Gasteiger partial charge >= 0.3 is 0 Å². The predicted octanol–water partition coefficient (Wildman–Crippen LogP) is 5.14. The lowest BCUT2D eigenvalue weighted by Crippen LogP contribution is -1.98. The van der Waals surface area contributed by atoms with Crippen LogP contribution in [0.2, 0.25) is 0 Å². The molecule has 0 spiro atoms. The van der Waals surface area contributed by atoms with Crippen molar-refractivity contribution in [3.8, 4) is 11.5 Å². The summed E-state index contributed by atoms with van der Waals surface area (Å²) < 4.78 is 13.6. The van der Waals surface area contributed by atoms with E-state index in [1.54, 1.807) is 7.11 Å². The van der Waals surface area contributed by atoms with Gasteiger partial charge in [0.05, 0.1) is 16.1 Å². The molecule has 106 valence electrons. The van der Waals surface area contributed by atoms with Gasteiger partial charge in [-0.05, 0) is 77.6 Å². The second kappa shape index (κ2) is 6.83. The van der Waals surface area contributed by atoms with Gasteiger partial charge in [-0.2, -0.15) is 0 Å². The number of methoxy groups -OCH3 is 1. The van der Waals surface area contributed by atoms with E-state index in [2.05, 4.69) is 47.8 Å². The molecule has 2 rings (SSSR count). The SMILES string of the molecule is COc1cc(Br)c(OCc2ccc(Br)c(N)c2)cc1Br. The summed E-state index contributed by atoms with van der Waals surface area (Å²) in [4.78, 5) is 0. The van der Waals surface area contributed by atoms with Crippen molar-refractivity contribution in [2.24, 2.45) is 0 Å². The summed E-state index contributed by atoms with van der Waals surface area (Å²) in [6.45, 7) is 0.439. The van der Waals surface area contributed by atoms with Crippen LogP contribution >= 0.6 is 47.8 Å². The van der Waals surface area contributed by atoms with Gasteiger partial charge in [0.15, 0.2) is 0 Å². The quantitative estimate of drug-likeness (QED) is 0.635. The summed E-state index contributed by atoms with van der Waals surface area (Å²) in [5.74, 6) is 1.48. The van der Waals surface area contributed by atoms with E-state index in [1.165, 1.54) is 0 Å². The fourth-order valence-electron chi connectivity index (χ4n) is 1.62. The number of nitrogen functional groups attached to an aromatic ring is 1. The zero-order chi connectivity index (χ0) is 14.7. The Morgan fingerprint density at radius 2 is 1.60 bits per heavy atom. The maximum Gasteiger partial charge on any atom is 0.135 e. The van der Waals surface area contributed by atoms with Gasteiger partial charge in [0.25, 0.3) is 0 Å². The number of hydrogen-bond donors (Lipinski definition) is 1. The molecular weight excluding hydrogens is 454 g/mol. The smallest absolute Gasteiger partial charge is 0.135 e. The second-order valence-electron chi connectivity index (χ2n) is 4.06. The monoisotopic (exact) mass is 463 g/mol. The minimum absolute atomic E-state index is 0.439. The van der Waals surface area contributed by atoms with E-state index in [0.717, 1.165) is 30.5 Å². The third kappa shape index (κ3) is 3.68. The Balaban J connectivity index is 2.14. The average Bonchev–Trinajstić information content (AvgIpc) is 2.43. The number of rotatable bonds is 4. The van der Waals surface area contributed by atoms with Crippen molar-refractivity contribution in [2.45, 2.75) is 6.61 Å². The fourth-order valence-corrected chi connectivity index (χ4v) is 2.79. The Morgan fingerprint density at radius 1 is 0.950 bits per heavy atom. The van der Waals surface area contributed by atoms with E-state index in [-0.39, 0.29) is 0 Å². The number of ether oxygens (including phenoxy) is 2. The molecule has 0 aliphatic heterocycles. The van der Waals surface area contributed by atoms with Crippen LogP contribution in [0.5, 0.6) is 11.5 Å². The Kier molecular flexibility index (Phi) is 5.35. The van der Waals surface area contributed by atoms with E-state index in [0.29, 0.717) is 12.3 Å². The van der Waals surface area contributed by atoms with Crippen LogP contribution in [0.3, 0.4) is 0 Å². The van der Waals surface area contributed by atoms with Gasteiger partial charge in [-0.15, -0.1) is 0 Å². The molecule has 0 radical (unpaired) electrons. The molecule has 0 atom stereocenters. The Bertz CT molecular complexity index is 632. The summed E-state index contributed by atoms with van der Waals surface area (Å²) in [5.41, 5.74) is 7.55. The molecule has 2 aromatic rings. The molecule has 3 nitrogen and oxygen atoms in total. The number of nitrogens with two attached hydrogens (primary N) is 1. The average molecular weight is 466 g/mol. The van der Waals surface area contributed by atoms with Gasteiger partial charge in [0, 0.05) is 10.2 Å². The van der Waals surface area contributed by atoms with E-state index in [4.69, 9.17) is 15.2 Å². The lowest BCUT2D eigenvalue weighted by Gasteiger charge is -2.12. The lowest BCUT2D eigenvalue weighted by molar-refractivity contribution is 0.303. The molecular formula is C14H12Br3NO2. The largest absolute Gasteiger partial charge is 0.496 e.